The predicted molar refractivity (Wildman–Crippen MR) is 154 cm³/mol. The molecule has 0 radical (unpaired) electrons. The second-order valence-electron chi connectivity index (χ2n) is 8.03. The van der Waals surface area contributed by atoms with Gasteiger partial charge in [-0.05, 0) is 90.0 Å². The monoisotopic (exact) mass is 694 g/mol. The molecule has 0 unspecified atom stereocenters. The Morgan fingerprint density at radius 3 is 2.54 bits per heavy atom. The van der Waals surface area contributed by atoms with Crippen LogP contribution in [-0.2, 0) is 16.2 Å². The minimum Gasteiger partial charge on any atom is -0.490 e. The van der Waals surface area contributed by atoms with E-state index in [1.807, 2.05) is 25.1 Å². The molecular formula is C27H21BrClIN2O5. The highest BCUT2D eigenvalue weighted by Gasteiger charge is 2.37. The van der Waals surface area contributed by atoms with Gasteiger partial charge in [-0.15, -0.1) is 0 Å². The number of carbonyl (C=O) groups excluding carboxylic acids is 3. The molecule has 3 aromatic rings. The molecule has 1 saturated heterocycles. The van der Waals surface area contributed by atoms with Crippen molar-refractivity contribution < 1.29 is 23.9 Å². The number of ether oxygens (including phenoxy) is 2. The van der Waals surface area contributed by atoms with Crippen LogP contribution in [0.15, 0.2) is 64.6 Å². The largest absolute Gasteiger partial charge is 0.490 e. The number of aryl methyl sites for hydroxylation is 1. The lowest BCUT2D eigenvalue weighted by atomic mass is 10.1. The van der Waals surface area contributed by atoms with Crippen LogP contribution in [0.25, 0.3) is 6.08 Å². The normalized spacial score (nSPS) is 14.7. The van der Waals surface area contributed by atoms with Gasteiger partial charge in [0.25, 0.3) is 11.8 Å². The van der Waals surface area contributed by atoms with Crippen molar-refractivity contribution in [2.24, 2.45) is 0 Å². The van der Waals surface area contributed by atoms with Gasteiger partial charge in [-0.25, -0.2) is 9.69 Å². The number of barbiturate groups is 1. The van der Waals surface area contributed by atoms with Crippen molar-refractivity contribution in [2.75, 3.05) is 11.5 Å². The van der Waals surface area contributed by atoms with Crippen molar-refractivity contribution in [3.05, 3.63) is 89.9 Å². The van der Waals surface area contributed by atoms with Crippen molar-refractivity contribution >= 4 is 79.7 Å². The Bertz CT molecular complexity index is 1440. The summed E-state index contributed by atoms with van der Waals surface area (Å²) in [6, 6.07) is 15.2. The topological polar surface area (TPSA) is 84.9 Å². The summed E-state index contributed by atoms with van der Waals surface area (Å²) in [5, 5.41) is 2.85. The van der Waals surface area contributed by atoms with Crippen LogP contribution >= 0.6 is 50.1 Å². The van der Waals surface area contributed by atoms with E-state index >= 15 is 0 Å². The van der Waals surface area contributed by atoms with E-state index in [0.717, 1.165) is 14.9 Å². The van der Waals surface area contributed by atoms with E-state index in [2.05, 4.69) is 43.8 Å². The van der Waals surface area contributed by atoms with E-state index in [1.165, 1.54) is 6.08 Å². The lowest BCUT2D eigenvalue weighted by Gasteiger charge is -2.27. The number of benzene rings is 3. The Morgan fingerprint density at radius 2 is 1.84 bits per heavy atom. The molecule has 7 nitrogen and oxygen atoms in total. The minimum absolute atomic E-state index is 0.176. The zero-order valence-corrected chi connectivity index (χ0v) is 24.3. The van der Waals surface area contributed by atoms with E-state index in [1.54, 1.807) is 43.3 Å². The maximum absolute atomic E-state index is 13.3. The molecule has 1 heterocycles. The summed E-state index contributed by atoms with van der Waals surface area (Å²) in [7, 11) is 0. The number of urea groups is 1. The number of imide groups is 2. The average molecular weight is 696 g/mol. The summed E-state index contributed by atoms with van der Waals surface area (Å²) >= 11 is 11.7. The van der Waals surface area contributed by atoms with Crippen molar-refractivity contribution in [2.45, 2.75) is 20.5 Å². The number of nitrogens with one attached hydrogen (secondary N) is 1. The fraction of sp³-hybridized carbons (Fsp3) is 0.148. The average Bonchev–Trinajstić information content (AvgIpc) is 2.83. The van der Waals surface area contributed by atoms with Crippen LogP contribution in [0.5, 0.6) is 11.5 Å². The quantitative estimate of drug-likeness (QED) is 0.170. The highest BCUT2D eigenvalue weighted by atomic mass is 127. The molecule has 0 spiro atoms. The third-order valence-electron chi connectivity index (χ3n) is 5.47. The van der Waals surface area contributed by atoms with Gasteiger partial charge in [0.2, 0.25) is 0 Å². The lowest BCUT2D eigenvalue weighted by Crippen LogP contribution is -2.54. The van der Waals surface area contributed by atoms with Gasteiger partial charge in [0.1, 0.15) is 12.2 Å². The molecule has 0 atom stereocenters. The molecule has 4 amide bonds. The first kappa shape index (κ1) is 27.2. The molecule has 0 saturated carbocycles. The van der Waals surface area contributed by atoms with Crippen molar-refractivity contribution in [3.8, 4) is 11.5 Å². The number of hydrogen-bond acceptors (Lipinski definition) is 5. The number of anilines is 1. The van der Waals surface area contributed by atoms with Gasteiger partial charge in [0.15, 0.2) is 11.5 Å². The fourth-order valence-electron chi connectivity index (χ4n) is 3.75. The number of rotatable bonds is 7. The van der Waals surface area contributed by atoms with E-state index in [9.17, 15) is 14.4 Å². The van der Waals surface area contributed by atoms with Gasteiger partial charge in [0, 0.05) is 15.1 Å². The Kier molecular flexibility index (Phi) is 8.56. The van der Waals surface area contributed by atoms with Crippen LogP contribution in [0, 0.1) is 10.5 Å². The molecule has 10 heteroatoms. The summed E-state index contributed by atoms with van der Waals surface area (Å²) in [6.45, 7) is 4.24. The molecule has 4 rings (SSSR count). The van der Waals surface area contributed by atoms with Gasteiger partial charge in [0.05, 0.1) is 15.9 Å². The highest BCUT2D eigenvalue weighted by molar-refractivity contribution is 14.1. The van der Waals surface area contributed by atoms with E-state index in [0.29, 0.717) is 43.5 Å². The van der Waals surface area contributed by atoms with Crippen LogP contribution in [0.3, 0.4) is 0 Å². The summed E-state index contributed by atoms with van der Waals surface area (Å²) in [5.74, 6) is -0.515. The maximum atomic E-state index is 13.3. The minimum atomic E-state index is -0.800. The number of nitrogens with zero attached hydrogens (tertiary/aromatic N) is 1. The first-order valence-corrected chi connectivity index (χ1v) is 13.4. The molecule has 190 valence electrons. The van der Waals surface area contributed by atoms with Gasteiger partial charge in [-0.1, -0.05) is 45.7 Å². The third kappa shape index (κ3) is 6.00. The van der Waals surface area contributed by atoms with Gasteiger partial charge in [-0.3, -0.25) is 14.9 Å². The molecule has 1 aliphatic heterocycles. The van der Waals surface area contributed by atoms with Crippen LogP contribution < -0.4 is 19.7 Å². The first-order chi connectivity index (χ1) is 17.7. The van der Waals surface area contributed by atoms with Crippen LogP contribution in [-0.4, -0.2) is 24.5 Å². The molecule has 0 bridgehead atoms. The number of amides is 4. The Labute approximate surface area is 241 Å². The molecular weight excluding hydrogens is 675 g/mol. The van der Waals surface area contributed by atoms with Crippen LogP contribution in [0.4, 0.5) is 10.5 Å². The Morgan fingerprint density at radius 1 is 1.08 bits per heavy atom. The Balaban J connectivity index is 1.68. The summed E-state index contributed by atoms with van der Waals surface area (Å²) < 4.78 is 13.4. The number of halogens is 3. The van der Waals surface area contributed by atoms with Crippen molar-refractivity contribution in [3.63, 3.8) is 0 Å². The molecule has 3 aromatic carbocycles. The third-order valence-corrected chi connectivity index (χ3v) is 7.14. The van der Waals surface area contributed by atoms with Crippen LogP contribution in [0.2, 0.25) is 5.02 Å². The zero-order valence-electron chi connectivity index (χ0n) is 19.8. The van der Waals surface area contributed by atoms with Crippen molar-refractivity contribution in [1.82, 2.24) is 5.32 Å². The zero-order chi connectivity index (χ0) is 26.7. The van der Waals surface area contributed by atoms with E-state index < -0.39 is 17.8 Å². The summed E-state index contributed by atoms with van der Waals surface area (Å²) in [6.07, 6.45) is 1.44. The van der Waals surface area contributed by atoms with Gasteiger partial charge >= 0.3 is 6.03 Å². The van der Waals surface area contributed by atoms with E-state index in [-0.39, 0.29) is 12.2 Å². The highest BCUT2D eigenvalue weighted by Crippen LogP contribution is 2.36. The lowest BCUT2D eigenvalue weighted by molar-refractivity contribution is -0.122. The SMILES string of the molecule is CCOc1cc(/C=C2/C(=O)NC(=O)N(c3ccc(Br)cc3C)C2=O)cc(I)c1OCc1ccccc1Cl. The van der Waals surface area contributed by atoms with Gasteiger partial charge < -0.3 is 9.47 Å². The second kappa shape index (κ2) is 11.7. The number of carbonyl (C=O) groups is 3. The molecule has 37 heavy (non-hydrogen) atoms. The molecule has 0 aromatic heterocycles. The standard InChI is InChI=1S/C27H21BrClIN2O5/c1-3-36-23-13-16(12-21(30)24(23)37-14-17-6-4-5-7-20(17)29)11-19-25(33)31-27(35)32(26(19)34)22-9-8-18(28)10-15(22)2/h4-13H,3,14H2,1-2H3,(H,31,33,35)/b19-11-. The molecule has 1 N–H and O–H groups in total. The molecule has 0 aliphatic carbocycles. The van der Waals surface area contributed by atoms with E-state index in [4.69, 9.17) is 21.1 Å². The smallest absolute Gasteiger partial charge is 0.335 e. The predicted octanol–water partition coefficient (Wildman–Crippen LogP) is 6.66. The summed E-state index contributed by atoms with van der Waals surface area (Å²) in [5.41, 5.74) is 2.27. The van der Waals surface area contributed by atoms with Gasteiger partial charge in [-0.2, -0.15) is 0 Å². The fourth-order valence-corrected chi connectivity index (χ4v) is 5.20. The Hall–Kier alpha value is -2.89. The second-order valence-corrected chi connectivity index (χ2v) is 10.5. The van der Waals surface area contributed by atoms with Crippen molar-refractivity contribution in [1.29, 1.82) is 0 Å². The van der Waals surface area contributed by atoms with Crippen LogP contribution in [0.1, 0.15) is 23.6 Å². The molecule has 1 aliphatic rings. The molecule has 1 fully saturated rings. The maximum Gasteiger partial charge on any atom is 0.335 e. The number of hydrogen-bond donors (Lipinski definition) is 1. The summed E-state index contributed by atoms with van der Waals surface area (Å²) in [4.78, 5) is 39.6. The first-order valence-electron chi connectivity index (χ1n) is 11.2.